The summed E-state index contributed by atoms with van der Waals surface area (Å²) in [5, 5.41) is 1.55. The molecule has 106 valence electrons. The van der Waals surface area contributed by atoms with Crippen LogP contribution in [0.25, 0.3) is 0 Å². The van der Waals surface area contributed by atoms with Gasteiger partial charge in [0.25, 0.3) is 5.91 Å². The van der Waals surface area contributed by atoms with Gasteiger partial charge in [0.15, 0.2) is 0 Å². The van der Waals surface area contributed by atoms with E-state index >= 15 is 0 Å². The van der Waals surface area contributed by atoms with Crippen LogP contribution in [0.4, 0.5) is 26.3 Å². The van der Waals surface area contributed by atoms with Crippen molar-refractivity contribution in [2.75, 3.05) is 0 Å². The summed E-state index contributed by atoms with van der Waals surface area (Å²) in [6, 6.07) is 0.962. The highest BCUT2D eigenvalue weighted by Gasteiger charge is 2.49. The molecule has 0 aliphatic carbocycles. The van der Waals surface area contributed by atoms with E-state index in [-0.39, 0.29) is 5.56 Å². The summed E-state index contributed by atoms with van der Waals surface area (Å²) in [5.74, 6) is -9.06. The van der Waals surface area contributed by atoms with Crippen molar-refractivity contribution in [2.45, 2.75) is 25.3 Å². The van der Waals surface area contributed by atoms with Crippen molar-refractivity contribution < 1.29 is 31.1 Å². The maximum Gasteiger partial charge on any atom is 0.383 e. The molecule has 1 atom stereocenters. The van der Waals surface area contributed by atoms with Crippen LogP contribution in [0.5, 0.6) is 0 Å². The van der Waals surface area contributed by atoms with Crippen molar-refractivity contribution in [3.63, 3.8) is 0 Å². The lowest BCUT2D eigenvalue weighted by molar-refractivity contribution is -0.170. The molecule has 0 saturated carbocycles. The number of benzene rings is 1. The molecule has 0 bridgehead atoms. The van der Waals surface area contributed by atoms with E-state index < -0.39 is 35.9 Å². The van der Waals surface area contributed by atoms with Crippen LogP contribution in [0.1, 0.15) is 18.5 Å². The summed E-state index contributed by atoms with van der Waals surface area (Å²) in [7, 11) is 0. The van der Waals surface area contributed by atoms with Gasteiger partial charge in [-0.05, 0) is 13.0 Å². The Hall–Kier alpha value is -1.73. The molecule has 1 unspecified atom stereocenters. The second-order valence-corrected chi connectivity index (χ2v) is 3.78. The smallest absolute Gasteiger partial charge is 0.344 e. The van der Waals surface area contributed by atoms with Gasteiger partial charge in [-0.3, -0.25) is 4.79 Å². The zero-order valence-corrected chi connectivity index (χ0v) is 9.56. The Bertz CT molecular complexity index is 476. The molecular formula is C11H9F6NO. The molecule has 0 aliphatic heterocycles. The van der Waals surface area contributed by atoms with Crippen LogP contribution < -0.4 is 5.32 Å². The van der Waals surface area contributed by atoms with E-state index in [1.54, 1.807) is 5.32 Å². The topological polar surface area (TPSA) is 29.1 Å². The molecule has 1 rings (SSSR count). The van der Waals surface area contributed by atoms with Gasteiger partial charge >= 0.3 is 12.3 Å². The Labute approximate surface area is 104 Å². The quantitative estimate of drug-likeness (QED) is 0.846. The van der Waals surface area contributed by atoms with Gasteiger partial charge in [-0.1, -0.05) is 6.07 Å². The van der Waals surface area contributed by atoms with E-state index in [1.807, 2.05) is 0 Å². The molecule has 0 radical (unpaired) electrons. The first-order chi connectivity index (χ1) is 8.66. The zero-order valence-electron chi connectivity index (χ0n) is 9.56. The van der Waals surface area contributed by atoms with Crippen LogP contribution in [0, 0.1) is 11.6 Å². The second-order valence-electron chi connectivity index (χ2n) is 3.78. The summed E-state index contributed by atoms with van der Waals surface area (Å²) in [5.41, 5.74) is -0.292. The minimum Gasteiger partial charge on any atom is -0.344 e. The van der Waals surface area contributed by atoms with Crippen molar-refractivity contribution >= 4 is 5.91 Å². The van der Waals surface area contributed by atoms with Gasteiger partial charge in [-0.2, -0.15) is 8.78 Å². The molecule has 2 nitrogen and oxygen atoms in total. The van der Waals surface area contributed by atoms with E-state index in [9.17, 15) is 31.1 Å². The Morgan fingerprint density at radius 3 is 2.32 bits per heavy atom. The number of nitrogens with one attached hydrogen (secondary N) is 1. The first kappa shape index (κ1) is 15.3. The van der Waals surface area contributed by atoms with Crippen molar-refractivity contribution in [1.82, 2.24) is 5.32 Å². The van der Waals surface area contributed by atoms with Crippen molar-refractivity contribution in [2.24, 2.45) is 0 Å². The number of rotatable bonds is 4. The van der Waals surface area contributed by atoms with Crippen LogP contribution in [-0.4, -0.2) is 18.3 Å². The van der Waals surface area contributed by atoms with Gasteiger partial charge < -0.3 is 5.32 Å². The lowest BCUT2D eigenvalue weighted by Crippen LogP contribution is -2.46. The maximum absolute atomic E-state index is 13.3. The molecule has 1 aromatic carbocycles. The Morgan fingerprint density at radius 1 is 1.26 bits per heavy atom. The molecule has 0 fully saturated rings. The van der Waals surface area contributed by atoms with Crippen LogP contribution in [0.3, 0.4) is 0 Å². The average molecular weight is 285 g/mol. The second kappa shape index (κ2) is 5.50. The fraction of sp³-hybridized carbons (Fsp3) is 0.364. The first-order valence-corrected chi connectivity index (χ1v) is 5.08. The molecule has 1 N–H and O–H groups in total. The van der Waals surface area contributed by atoms with Crippen LogP contribution in [0.15, 0.2) is 18.2 Å². The SMILES string of the molecule is CC(NC(=O)C(F)(F)C(F)F)c1ccc(F)cc1F. The zero-order chi connectivity index (χ0) is 14.8. The van der Waals surface area contributed by atoms with E-state index in [4.69, 9.17) is 0 Å². The van der Waals surface area contributed by atoms with Crippen LogP contribution >= 0.6 is 0 Å². The number of hydrogen-bond donors (Lipinski definition) is 1. The largest absolute Gasteiger partial charge is 0.383 e. The Kier molecular flexibility index (Phi) is 4.43. The molecule has 19 heavy (non-hydrogen) atoms. The summed E-state index contributed by atoms with van der Waals surface area (Å²) >= 11 is 0. The fourth-order valence-corrected chi connectivity index (χ4v) is 1.32. The van der Waals surface area contributed by atoms with Crippen LogP contribution in [-0.2, 0) is 4.79 Å². The normalized spacial score (nSPS) is 13.5. The lowest BCUT2D eigenvalue weighted by atomic mass is 10.1. The van der Waals surface area contributed by atoms with Gasteiger partial charge in [0.1, 0.15) is 11.6 Å². The van der Waals surface area contributed by atoms with Crippen molar-refractivity contribution in [3.05, 3.63) is 35.4 Å². The standard InChI is InChI=1S/C11H9F6NO/c1-5(7-3-2-6(12)4-8(7)13)18-10(19)11(16,17)9(14)15/h2-5,9H,1H3,(H,18,19). The third-order valence-electron chi connectivity index (χ3n) is 2.35. The molecule has 0 aliphatic rings. The minimum absolute atomic E-state index is 0.292. The van der Waals surface area contributed by atoms with Crippen LogP contribution in [0.2, 0.25) is 0 Å². The molecule has 0 saturated heterocycles. The molecule has 1 aromatic rings. The highest BCUT2D eigenvalue weighted by atomic mass is 19.3. The first-order valence-electron chi connectivity index (χ1n) is 5.08. The van der Waals surface area contributed by atoms with Crippen molar-refractivity contribution in [1.29, 1.82) is 0 Å². The highest BCUT2D eigenvalue weighted by molar-refractivity contribution is 5.84. The summed E-state index contributed by atoms with van der Waals surface area (Å²) in [6.45, 7) is 1.11. The monoisotopic (exact) mass is 285 g/mol. The molecule has 8 heteroatoms. The third kappa shape index (κ3) is 3.39. The molecule has 0 spiro atoms. The molecule has 0 aromatic heterocycles. The number of alkyl halides is 4. The lowest BCUT2D eigenvalue weighted by Gasteiger charge is -2.19. The summed E-state index contributed by atoms with van der Waals surface area (Å²) in [6.07, 6.45) is -4.17. The predicted molar refractivity (Wildman–Crippen MR) is 53.9 cm³/mol. The maximum atomic E-state index is 13.3. The minimum atomic E-state index is -4.87. The molecule has 1 amide bonds. The van der Waals surface area contributed by atoms with Gasteiger partial charge in [0, 0.05) is 11.6 Å². The molecule has 0 heterocycles. The van der Waals surface area contributed by atoms with E-state index in [1.165, 1.54) is 0 Å². The third-order valence-corrected chi connectivity index (χ3v) is 2.35. The number of hydrogen-bond acceptors (Lipinski definition) is 1. The number of carbonyl (C=O) groups is 1. The van der Waals surface area contributed by atoms with Crippen molar-refractivity contribution in [3.8, 4) is 0 Å². The average Bonchev–Trinajstić information content (AvgIpc) is 2.28. The number of amides is 1. The van der Waals surface area contributed by atoms with E-state index in [2.05, 4.69) is 0 Å². The predicted octanol–water partition coefficient (Wildman–Crippen LogP) is 3.04. The summed E-state index contributed by atoms with van der Waals surface area (Å²) in [4.78, 5) is 10.9. The fourth-order valence-electron chi connectivity index (χ4n) is 1.32. The Balaban J connectivity index is 2.85. The Morgan fingerprint density at radius 2 is 1.84 bits per heavy atom. The van der Waals surface area contributed by atoms with Gasteiger partial charge in [-0.15, -0.1) is 0 Å². The number of halogens is 6. The van der Waals surface area contributed by atoms with E-state index in [0.29, 0.717) is 6.07 Å². The molecular weight excluding hydrogens is 276 g/mol. The van der Waals surface area contributed by atoms with Gasteiger partial charge in [0.05, 0.1) is 6.04 Å². The number of carbonyl (C=O) groups excluding carboxylic acids is 1. The van der Waals surface area contributed by atoms with E-state index in [0.717, 1.165) is 19.1 Å². The van der Waals surface area contributed by atoms with Gasteiger partial charge in [-0.25, -0.2) is 17.6 Å². The summed E-state index contributed by atoms with van der Waals surface area (Å²) < 4.78 is 75.1. The highest BCUT2D eigenvalue weighted by Crippen LogP contribution is 2.25. The van der Waals surface area contributed by atoms with Gasteiger partial charge in [0.2, 0.25) is 0 Å².